The Hall–Kier alpha value is -8.71. The average molecular weight is 871 g/mol. The van der Waals surface area contributed by atoms with Crippen LogP contribution in [0.2, 0.25) is 0 Å². The number of para-hydroxylation sites is 1. The summed E-state index contributed by atoms with van der Waals surface area (Å²) < 4.78 is 11.3. The van der Waals surface area contributed by atoms with E-state index in [0.717, 1.165) is 70.8 Å². The van der Waals surface area contributed by atoms with Gasteiger partial charge in [0.25, 0.3) is 0 Å². The molecule has 0 radical (unpaired) electrons. The van der Waals surface area contributed by atoms with Crippen LogP contribution in [-0.4, -0.2) is 19.5 Å². The summed E-state index contributed by atoms with van der Waals surface area (Å²) >= 11 is 1.82. The van der Waals surface area contributed by atoms with Gasteiger partial charge in [0.2, 0.25) is 0 Å². The van der Waals surface area contributed by atoms with Crippen LogP contribution in [-0.2, 0) is 0 Å². The number of rotatable bonds is 4. The molecule has 4 heterocycles. The van der Waals surface area contributed by atoms with Crippen molar-refractivity contribution < 1.29 is 4.42 Å². The predicted octanol–water partition coefficient (Wildman–Crippen LogP) is 16.8. The van der Waals surface area contributed by atoms with Crippen molar-refractivity contribution in [2.75, 3.05) is 0 Å². The van der Waals surface area contributed by atoms with Gasteiger partial charge in [0.15, 0.2) is 17.5 Å². The van der Waals surface area contributed by atoms with Gasteiger partial charge in [0, 0.05) is 63.8 Å². The lowest BCUT2D eigenvalue weighted by Crippen LogP contribution is -2.04. The quantitative estimate of drug-likeness (QED) is 0.177. The molecular formula is C61H34N4OS. The van der Waals surface area contributed by atoms with Gasteiger partial charge >= 0.3 is 0 Å². The minimum atomic E-state index is 0.572. The largest absolute Gasteiger partial charge is 0.456 e. The number of hydrogen-bond acceptors (Lipinski definition) is 5. The third kappa shape index (κ3) is 5.51. The fraction of sp³-hybridized carbons (Fsp3) is 0. The number of furan rings is 1. The number of hydrogen-bond donors (Lipinski definition) is 0. The second-order valence-electron chi connectivity index (χ2n) is 17.5. The summed E-state index contributed by atoms with van der Waals surface area (Å²) in [6, 6.07) is 74.1. The van der Waals surface area contributed by atoms with Gasteiger partial charge in [-0.2, -0.15) is 0 Å². The minimum Gasteiger partial charge on any atom is -0.456 e. The smallest absolute Gasteiger partial charge is 0.166 e. The number of thiophene rings is 1. The van der Waals surface area contributed by atoms with E-state index in [1.807, 2.05) is 23.5 Å². The number of aromatic nitrogens is 4. The van der Waals surface area contributed by atoms with Crippen molar-refractivity contribution in [1.82, 2.24) is 19.5 Å². The molecule has 0 atom stereocenters. The van der Waals surface area contributed by atoms with Crippen LogP contribution in [0.5, 0.6) is 0 Å². The molecule has 0 saturated heterocycles. The average Bonchev–Trinajstić information content (AvgIpc) is 4.04. The molecule has 310 valence electrons. The summed E-state index contributed by atoms with van der Waals surface area (Å²) in [5.41, 5.74) is 7.61. The highest BCUT2D eigenvalue weighted by molar-refractivity contribution is 7.26. The molecule has 0 aliphatic carbocycles. The van der Waals surface area contributed by atoms with Crippen molar-refractivity contribution in [3.63, 3.8) is 0 Å². The molecule has 0 N–H and O–H groups in total. The number of benzene rings is 11. The molecule has 0 aliphatic heterocycles. The van der Waals surface area contributed by atoms with E-state index in [2.05, 4.69) is 199 Å². The zero-order chi connectivity index (χ0) is 43.7. The van der Waals surface area contributed by atoms with Crippen LogP contribution in [0.15, 0.2) is 211 Å². The Labute approximate surface area is 386 Å². The molecule has 0 aliphatic rings. The molecule has 0 amide bonds. The highest BCUT2D eigenvalue weighted by Crippen LogP contribution is 2.45. The van der Waals surface area contributed by atoms with Crippen LogP contribution < -0.4 is 0 Å². The van der Waals surface area contributed by atoms with Crippen molar-refractivity contribution in [3.8, 4) is 39.9 Å². The fourth-order valence-electron chi connectivity index (χ4n) is 10.6. The zero-order valence-corrected chi connectivity index (χ0v) is 36.6. The lowest BCUT2D eigenvalue weighted by atomic mass is 10.0. The number of nitrogens with zero attached hydrogens (tertiary/aromatic N) is 4. The Morgan fingerprint density at radius 1 is 0.343 bits per heavy atom. The monoisotopic (exact) mass is 870 g/mol. The van der Waals surface area contributed by atoms with Gasteiger partial charge in [-0.25, -0.2) is 15.0 Å². The lowest BCUT2D eigenvalue weighted by Gasteiger charge is -2.16. The lowest BCUT2D eigenvalue weighted by molar-refractivity contribution is 0.669. The molecule has 0 saturated carbocycles. The van der Waals surface area contributed by atoms with Gasteiger partial charge in [-0.3, -0.25) is 0 Å². The molecule has 67 heavy (non-hydrogen) atoms. The topological polar surface area (TPSA) is 56.7 Å². The van der Waals surface area contributed by atoms with Gasteiger partial charge in [-0.15, -0.1) is 11.3 Å². The molecule has 5 nitrogen and oxygen atoms in total. The SMILES string of the molecule is c1ccc2cc3c(cc2c1)sc1cc(-c2nc(-c4ccc5c(c4)oc4ccccc45)nc(-c4cccc5ccccc45)n2)c(-n2c4cc5ccccc5cc4c4ccc5ccccc5c42)cc13. The Bertz CT molecular complexity index is 4590. The van der Waals surface area contributed by atoms with Crippen LogP contribution >= 0.6 is 11.3 Å². The third-order valence-corrected chi connectivity index (χ3v) is 14.9. The molecule has 0 bridgehead atoms. The first-order valence-corrected chi connectivity index (χ1v) is 23.4. The molecule has 0 spiro atoms. The van der Waals surface area contributed by atoms with E-state index in [-0.39, 0.29) is 0 Å². The van der Waals surface area contributed by atoms with Crippen molar-refractivity contribution in [2.24, 2.45) is 0 Å². The zero-order valence-electron chi connectivity index (χ0n) is 35.7. The van der Waals surface area contributed by atoms with Crippen LogP contribution in [0.4, 0.5) is 0 Å². The van der Waals surface area contributed by atoms with Crippen molar-refractivity contribution in [2.45, 2.75) is 0 Å². The summed E-state index contributed by atoms with van der Waals surface area (Å²) in [4.78, 5) is 16.4. The van der Waals surface area contributed by atoms with E-state index in [1.54, 1.807) is 0 Å². The maximum Gasteiger partial charge on any atom is 0.166 e. The Morgan fingerprint density at radius 3 is 1.72 bits per heavy atom. The maximum atomic E-state index is 6.45. The molecule has 0 fully saturated rings. The first kappa shape index (κ1) is 36.6. The predicted molar refractivity (Wildman–Crippen MR) is 281 cm³/mol. The van der Waals surface area contributed by atoms with E-state index >= 15 is 0 Å². The molecule has 15 aromatic rings. The number of fused-ring (bicyclic) bond motifs is 14. The minimum absolute atomic E-state index is 0.572. The summed E-state index contributed by atoms with van der Waals surface area (Å²) in [6.45, 7) is 0. The van der Waals surface area contributed by atoms with Gasteiger partial charge < -0.3 is 8.98 Å². The first-order chi connectivity index (χ1) is 33.2. The van der Waals surface area contributed by atoms with Gasteiger partial charge in [0.05, 0.1) is 16.7 Å². The van der Waals surface area contributed by atoms with Crippen LogP contribution in [0.1, 0.15) is 0 Å². The third-order valence-electron chi connectivity index (χ3n) is 13.8. The Balaban J connectivity index is 1.09. The van der Waals surface area contributed by atoms with Crippen LogP contribution in [0.3, 0.4) is 0 Å². The molecule has 11 aromatic carbocycles. The normalized spacial score (nSPS) is 12.2. The van der Waals surface area contributed by atoms with Gasteiger partial charge in [0.1, 0.15) is 11.2 Å². The summed E-state index contributed by atoms with van der Waals surface area (Å²) in [5, 5.41) is 16.3. The molecule has 15 rings (SSSR count). The molecule has 0 unspecified atom stereocenters. The van der Waals surface area contributed by atoms with Crippen molar-refractivity contribution in [3.05, 3.63) is 206 Å². The van der Waals surface area contributed by atoms with E-state index in [1.165, 1.54) is 58.6 Å². The van der Waals surface area contributed by atoms with Gasteiger partial charge in [-0.05, 0) is 92.3 Å². The van der Waals surface area contributed by atoms with E-state index < -0.39 is 0 Å². The Morgan fingerprint density at radius 2 is 0.910 bits per heavy atom. The van der Waals surface area contributed by atoms with Crippen molar-refractivity contribution in [1.29, 1.82) is 0 Å². The van der Waals surface area contributed by atoms with Gasteiger partial charge in [-0.1, -0.05) is 152 Å². The highest BCUT2D eigenvalue weighted by Gasteiger charge is 2.24. The van der Waals surface area contributed by atoms with E-state index in [4.69, 9.17) is 19.4 Å². The first-order valence-electron chi connectivity index (χ1n) is 22.6. The van der Waals surface area contributed by atoms with Crippen LogP contribution in [0.25, 0.3) is 147 Å². The van der Waals surface area contributed by atoms with Crippen molar-refractivity contribution >= 4 is 118 Å². The van der Waals surface area contributed by atoms with E-state index in [0.29, 0.717) is 17.5 Å². The summed E-state index contributed by atoms with van der Waals surface area (Å²) in [6.07, 6.45) is 0. The second-order valence-corrected chi connectivity index (χ2v) is 18.6. The summed E-state index contributed by atoms with van der Waals surface area (Å²) in [7, 11) is 0. The molecular weight excluding hydrogens is 837 g/mol. The molecule has 4 aromatic heterocycles. The molecule has 6 heteroatoms. The Kier molecular flexibility index (Phi) is 7.59. The van der Waals surface area contributed by atoms with E-state index in [9.17, 15) is 0 Å². The summed E-state index contributed by atoms with van der Waals surface area (Å²) in [5.74, 6) is 1.77. The standard InChI is InChI=1S/C61H34N4OS/c1-3-16-39-30-52-48(28-37(39)14-1)46-27-24-36-13-6-8-20-43(36)58(46)65(52)53-33-50-49-29-38-15-2-4-17-40(38)32-56(49)67-57(50)34-51(53)61-63-59(41-25-26-45-44-21-9-10-23-54(44)66-55(45)31-41)62-60(64-61)47-22-11-18-35-12-5-7-19-42(35)47/h1-34H. The highest BCUT2D eigenvalue weighted by atomic mass is 32.1. The second kappa shape index (κ2) is 13.9. The maximum absolute atomic E-state index is 6.45. The van der Waals surface area contributed by atoms with Crippen LogP contribution in [0, 0.1) is 0 Å². The fourth-order valence-corrected chi connectivity index (χ4v) is 11.8.